The lowest BCUT2D eigenvalue weighted by Crippen LogP contribution is -2.42. The van der Waals surface area contributed by atoms with Gasteiger partial charge in [-0.2, -0.15) is 0 Å². The molecule has 7 atom stereocenters. The van der Waals surface area contributed by atoms with Crippen molar-refractivity contribution in [2.45, 2.75) is 104 Å². The third-order valence-electron chi connectivity index (χ3n) is 9.64. The molecule has 2 N–H and O–H groups in total. The molecular formula is C43H54N2O10. The quantitative estimate of drug-likeness (QED) is 0.165. The minimum atomic E-state index is -0.880. The molecular weight excluding hydrogens is 704 g/mol. The van der Waals surface area contributed by atoms with Gasteiger partial charge in [0.05, 0.1) is 24.7 Å². The van der Waals surface area contributed by atoms with Crippen molar-refractivity contribution in [1.29, 1.82) is 0 Å². The summed E-state index contributed by atoms with van der Waals surface area (Å²) in [5, 5.41) is 21.8. The number of fused-ring (bicyclic) bond motifs is 5. The SMILES string of the molecule is CC=C[C@H](O)C(C)(C)[C@@H]1CC=CC=CC=C[C@H](OC)Cc2nc(co2)C(=O)O[C@@H](C(C)(C)[C@@H](O)C=CC)CC=C[C@@H]2O[C@H]2C=CC=Cc2nc(co2)C(=O)O1. The molecule has 55 heavy (non-hydrogen) atoms. The second-order valence-corrected chi connectivity index (χ2v) is 14.5. The molecule has 0 saturated carbocycles. The first-order chi connectivity index (χ1) is 26.3. The van der Waals surface area contributed by atoms with Gasteiger partial charge in [-0.25, -0.2) is 19.6 Å². The van der Waals surface area contributed by atoms with Crippen molar-refractivity contribution in [3.63, 3.8) is 0 Å². The van der Waals surface area contributed by atoms with Crippen LogP contribution in [-0.4, -0.2) is 82.0 Å². The van der Waals surface area contributed by atoms with Crippen LogP contribution in [0.15, 0.2) is 113 Å². The Bertz CT molecular complexity index is 1800. The zero-order valence-corrected chi connectivity index (χ0v) is 32.6. The predicted molar refractivity (Wildman–Crippen MR) is 208 cm³/mol. The third-order valence-corrected chi connectivity index (χ3v) is 9.64. The number of esters is 2. The number of carbonyl (C=O) groups excluding carboxylic acids is 2. The van der Waals surface area contributed by atoms with Crippen LogP contribution in [0, 0.1) is 10.8 Å². The van der Waals surface area contributed by atoms with Gasteiger partial charge in [-0.3, -0.25) is 0 Å². The van der Waals surface area contributed by atoms with E-state index < -0.39 is 53.3 Å². The van der Waals surface area contributed by atoms with Gasteiger partial charge in [-0.15, -0.1) is 0 Å². The van der Waals surface area contributed by atoms with E-state index in [9.17, 15) is 19.8 Å². The van der Waals surface area contributed by atoms with Gasteiger partial charge in [0.15, 0.2) is 17.3 Å². The Kier molecular flexibility index (Phi) is 15.7. The molecule has 1 saturated heterocycles. The molecule has 12 nitrogen and oxygen atoms in total. The zero-order valence-electron chi connectivity index (χ0n) is 32.6. The maximum atomic E-state index is 13.3. The highest BCUT2D eigenvalue weighted by Gasteiger charge is 2.40. The molecule has 296 valence electrons. The first-order valence-electron chi connectivity index (χ1n) is 18.4. The Morgan fingerprint density at radius 3 is 1.95 bits per heavy atom. The minimum absolute atomic E-state index is 0.00780. The van der Waals surface area contributed by atoms with E-state index >= 15 is 0 Å². The summed E-state index contributed by atoms with van der Waals surface area (Å²) in [6.07, 6.45) is 28.0. The summed E-state index contributed by atoms with van der Waals surface area (Å²) in [4.78, 5) is 35.2. The number of aliphatic hydroxyl groups excluding tert-OH is 2. The molecule has 12 heteroatoms. The Balaban J connectivity index is 1.58. The van der Waals surface area contributed by atoms with Crippen LogP contribution < -0.4 is 0 Å². The first-order valence-corrected chi connectivity index (χ1v) is 18.4. The molecule has 2 aromatic rings. The summed E-state index contributed by atoms with van der Waals surface area (Å²) >= 11 is 0. The van der Waals surface area contributed by atoms with E-state index in [4.69, 9.17) is 27.8 Å². The number of hydrogen-bond acceptors (Lipinski definition) is 12. The predicted octanol–water partition coefficient (Wildman–Crippen LogP) is 7.25. The Hall–Kier alpha value is -4.88. The Morgan fingerprint density at radius 2 is 1.31 bits per heavy atom. The molecule has 4 heterocycles. The van der Waals surface area contributed by atoms with Crippen LogP contribution in [0.3, 0.4) is 0 Å². The van der Waals surface area contributed by atoms with Gasteiger partial charge in [0, 0.05) is 36.9 Å². The molecule has 0 spiro atoms. The minimum Gasteiger partial charge on any atom is -0.457 e. The van der Waals surface area contributed by atoms with Crippen molar-refractivity contribution in [2.24, 2.45) is 10.8 Å². The van der Waals surface area contributed by atoms with Crippen LogP contribution in [0.25, 0.3) is 6.08 Å². The third kappa shape index (κ3) is 12.3. The summed E-state index contributed by atoms with van der Waals surface area (Å²) in [6.45, 7) is 11.0. The molecule has 2 aromatic heterocycles. The maximum absolute atomic E-state index is 13.3. The smallest absolute Gasteiger partial charge is 0.360 e. The molecule has 4 rings (SSSR count). The summed E-state index contributed by atoms with van der Waals surface area (Å²) in [7, 11) is 1.56. The summed E-state index contributed by atoms with van der Waals surface area (Å²) in [6, 6.07) is 0. The topological polar surface area (TPSA) is 167 Å². The van der Waals surface area contributed by atoms with E-state index in [1.165, 1.54) is 12.5 Å². The standard InChI is InChI=1S/C43H54N2O10/c1-8-18-34(46)42(3,4)36-23-14-12-10-11-13-20-29(50-7)26-39-45-31(28-52-39)41(49)55-37(43(5,6)35(47)19-9-2)24-17-22-33-32(53-33)21-15-16-25-38-44-30(27-51-38)40(48)54-36/h8-22,25,27-29,32-37,46-47H,23-24,26H2,1-7H3/t29-,32-,33-,34-,35-,36-,37+/m0/s1. The number of aliphatic hydroxyl groups is 2. The van der Waals surface area contributed by atoms with Crippen molar-refractivity contribution >= 4 is 18.0 Å². The monoisotopic (exact) mass is 758 g/mol. The van der Waals surface area contributed by atoms with Crippen LogP contribution in [0.5, 0.6) is 0 Å². The largest absolute Gasteiger partial charge is 0.457 e. The highest BCUT2D eigenvalue weighted by molar-refractivity contribution is 5.87. The average Bonchev–Trinajstić information content (AvgIpc) is 3.47. The van der Waals surface area contributed by atoms with Crippen LogP contribution >= 0.6 is 0 Å². The van der Waals surface area contributed by atoms with Gasteiger partial charge in [-0.05, 0) is 13.8 Å². The van der Waals surface area contributed by atoms with Crippen molar-refractivity contribution in [2.75, 3.05) is 7.11 Å². The van der Waals surface area contributed by atoms with Gasteiger partial charge >= 0.3 is 11.9 Å². The number of allylic oxidation sites excluding steroid dienone is 8. The van der Waals surface area contributed by atoms with E-state index in [0.717, 1.165) is 0 Å². The number of carbonyl (C=O) groups is 2. The molecule has 4 bridgehead atoms. The van der Waals surface area contributed by atoms with Gasteiger partial charge in [0.2, 0.25) is 5.89 Å². The lowest BCUT2D eigenvalue weighted by molar-refractivity contribution is -0.0461. The molecule has 0 aromatic carbocycles. The number of ether oxygens (including phenoxy) is 4. The van der Waals surface area contributed by atoms with E-state index in [0.29, 0.717) is 18.7 Å². The molecule has 0 amide bonds. The zero-order chi connectivity index (χ0) is 40.0. The Morgan fingerprint density at radius 1 is 0.745 bits per heavy atom. The maximum Gasteiger partial charge on any atom is 0.360 e. The second kappa shape index (κ2) is 20.2. The van der Waals surface area contributed by atoms with Gasteiger partial charge in [-0.1, -0.05) is 119 Å². The van der Waals surface area contributed by atoms with Crippen LogP contribution in [0.1, 0.15) is 87.1 Å². The van der Waals surface area contributed by atoms with E-state index in [1.807, 2.05) is 96.2 Å². The van der Waals surface area contributed by atoms with Crippen molar-refractivity contribution in [3.05, 3.63) is 127 Å². The van der Waals surface area contributed by atoms with Crippen molar-refractivity contribution in [1.82, 2.24) is 9.97 Å². The number of rotatable bonds is 7. The molecule has 0 radical (unpaired) electrons. The Labute approximate surface area is 323 Å². The van der Waals surface area contributed by atoms with Crippen LogP contribution in [0.2, 0.25) is 0 Å². The second-order valence-electron chi connectivity index (χ2n) is 14.5. The molecule has 0 unspecified atom stereocenters. The molecule has 2 aliphatic rings. The number of hydrogen-bond donors (Lipinski definition) is 2. The van der Waals surface area contributed by atoms with Gasteiger partial charge in [0.1, 0.15) is 36.9 Å². The van der Waals surface area contributed by atoms with Crippen molar-refractivity contribution < 1.29 is 47.6 Å². The number of oxazole rings is 2. The lowest BCUT2D eigenvalue weighted by Gasteiger charge is -2.36. The summed E-state index contributed by atoms with van der Waals surface area (Å²) in [5.41, 5.74) is -1.66. The normalized spacial score (nSPS) is 24.8. The molecule has 2 aliphatic heterocycles. The number of aromatic nitrogens is 2. The number of nitrogens with zero attached hydrogens (tertiary/aromatic N) is 2. The lowest BCUT2D eigenvalue weighted by atomic mass is 9.79. The average molecular weight is 759 g/mol. The van der Waals surface area contributed by atoms with E-state index in [1.54, 1.807) is 49.6 Å². The first kappa shape index (κ1) is 42.9. The fourth-order valence-electron chi connectivity index (χ4n) is 5.68. The number of methoxy groups -OCH3 is 1. The number of epoxide rings is 1. The van der Waals surface area contributed by atoms with E-state index in [-0.39, 0.29) is 35.9 Å². The summed E-state index contributed by atoms with van der Waals surface area (Å²) < 4.78 is 34.3. The fourth-order valence-corrected chi connectivity index (χ4v) is 5.68. The molecule has 1 fully saturated rings. The molecule has 0 aliphatic carbocycles. The highest BCUT2D eigenvalue weighted by Crippen LogP contribution is 2.34. The summed E-state index contributed by atoms with van der Waals surface area (Å²) in [5.74, 6) is -0.828. The van der Waals surface area contributed by atoms with Crippen LogP contribution in [-0.2, 0) is 25.4 Å². The van der Waals surface area contributed by atoms with Gasteiger partial charge in [0.25, 0.3) is 0 Å². The number of cyclic esters (lactones) is 2. The van der Waals surface area contributed by atoms with Crippen molar-refractivity contribution in [3.8, 4) is 0 Å². The van der Waals surface area contributed by atoms with E-state index in [2.05, 4.69) is 9.97 Å². The van der Waals surface area contributed by atoms with Crippen LogP contribution in [0.4, 0.5) is 0 Å². The fraction of sp³-hybridized carbons (Fsp3) is 0.442. The highest BCUT2D eigenvalue weighted by atomic mass is 16.6. The van der Waals surface area contributed by atoms with Gasteiger partial charge < -0.3 is 38.0 Å².